The van der Waals surface area contributed by atoms with E-state index in [1.807, 2.05) is 24.8 Å². The lowest BCUT2D eigenvalue weighted by atomic mass is 10.0. The zero-order valence-electron chi connectivity index (χ0n) is 24.1. The van der Waals surface area contributed by atoms with Crippen molar-refractivity contribution in [2.45, 2.75) is 33.5 Å². The van der Waals surface area contributed by atoms with Crippen LogP contribution < -0.4 is 10.6 Å². The largest absolute Gasteiger partial charge is 0.416 e. The second-order valence-corrected chi connectivity index (χ2v) is 10.0. The van der Waals surface area contributed by atoms with Crippen molar-refractivity contribution in [2.75, 3.05) is 50.4 Å². The normalized spacial score (nSPS) is 14.7. The van der Waals surface area contributed by atoms with E-state index in [1.54, 1.807) is 25.4 Å². The number of likely N-dealkylation sites (N-methyl/N-ethyl adjacent to an activating group) is 1. The number of piperazine rings is 1. The van der Waals surface area contributed by atoms with Crippen molar-refractivity contribution < 1.29 is 18.0 Å². The van der Waals surface area contributed by atoms with E-state index in [0.29, 0.717) is 24.2 Å². The molecule has 0 bridgehead atoms. The lowest BCUT2D eigenvalue weighted by molar-refractivity contribution is -0.138. The predicted octanol–water partition coefficient (Wildman–Crippen LogP) is 5.42. The molecule has 2 amide bonds. The molecule has 42 heavy (non-hydrogen) atoms. The van der Waals surface area contributed by atoms with Crippen molar-refractivity contribution in [2.24, 2.45) is 4.99 Å². The number of aromatic nitrogens is 2. The number of carbonyl (C=O) groups is 1. The van der Waals surface area contributed by atoms with Gasteiger partial charge in [0.05, 0.1) is 5.56 Å². The SMILES string of the molecule is CCN1CCN(Cc2ccc(NC(=O)Nc3cc(C#Cc4cnc(C)c(C(C)=NC)c4)ccn3)cc2C(F)(F)F)CC1. The third-order valence-corrected chi connectivity index (χ3v) is 7.14. The summed E-state index contributed by atoms with van der Waals surface area (Å²) in [7, 11) is 1.72. The van der Waals surface area contributed by atoms with Crippen LogP contribution in [-0.2, 0) is 12.7 Å². The lowest BCUT2D eigenvalue weighted by Crippen LogP contribution is -2.45. The van der Waals surface area contributed by atoms with E-state index in [2.05, 4.69) is 49.3 Å². The summed E-state index contributed by atoms with van der Waals surface area (Å²) in [5, 5.41) is 5.05. The molecule has 1 fully saturated rings. The fraction of sp³-hybridized carbons (Fsp3) is 0.355. The van der Waals surface area contributed by atoms with Crippen molar-refractivity contribution in [3.63, 3.8) is 0 Å². The van der Waals surface area contributed by atoms with Gasteiger partial charge in [0.1, 0.15) is 5.82 Å². The summed E-state index contributed by atoms with van der Waals surface area (Å²) in [5.74, 6) is 6.28. The lowest BCUT2D eigenvalue weighted by Gasteiger charge is -2.34. The summed E-state index contributed by atoms with van der Waals surface area (Å²) < 4.78 is 41.8. The molecule has 8 nitrogen and oxygen atoms in total. The average Bonchev–Trinajstić information content (AvgIpc) is 2.97. The van der Waals surface area contributed by atoms with Gasteiger partial charge in [-0.05, 0) is 56.3 Å². The second kappa shape index (κ2) is 13.6. The molecule has 0 unspecified atom stereocenters. The van der Waals surface area contributed by atoms with Crippen LogP contribution >= 0.6 is 0 Å². The first-order chi connectivity index (χ1) is 20.0. The molecule has 3 heterocycles. The average molecular weight is 578 g/mol. The third kappa shape index (κ3) is 8.15. The van der Waals surface area contributed by atoms with Gasteiger partial charge in [-0.1, -0.05) is 24.8 Å². The van der Waals surface area contributed by atoms with Crippen LogP contribution in [-0.4, -0.2) is 71.3 Å². The number of nitrogens with one attached hydrogen (secondary N) is 2. The zero-order chi connectivity index (χ0) is 30.3. The second-order valence-electron chi connectivity index (χ2n) is 10.0. The van der Waals surface area contributed by atoms with Gasteiger partial charge in [0.2, 0.25) is 0 Å². The molecule has 1 aromatic carbocycles. The van der Waals surface area contributed by atoms with Crippen LogP contribution in [0, 0.1) is 18.8 Å². The Kier molecular flexibility index (Phi) is 9.93. The summed E-state index contributed by atoms with van der Waals surface area (Å²) in [6.45, 7) is 10.1. The van der Waals surface area contributed by atoms with Gasteiger partial charge in [0, 0.05) is 85.9 Å². The summed E-state index contributed by atoms with van der Waals surface area (Å²) in [6.07, 6.45) is -1.39. The number of halogens is 3. The highest BCUT2D eigenvalue weighted by molar-refractivity contribution is 6.00. The van der Waals surface area contributed by atoms with Crippen LogP contribution in [0.1, 0.15) is 47.4 Å². The Hall–Kier alpha value is -4.27. The molecule has 1 saturated heterocycles. The summed E-state index contributed by atoms with van der Waals surface area (Å²) >= 11 is 0. The molecule has 1 aliphatic heterocycles. The molecule has 4 rings (SSSR count). The minimum Gasteiger partial charge on any atom is -0.308 e. The van der Waals surface area contributed by atoms with Crippen LogP contribution in [0.3, 0.4) is 0 Å². The van der Waals surface area contributed by atoms with Crippen LogP contribution in [0.4, 0.5) is 29.5 Å². The summed E-state index contributed by atoms with van der Waals surface area (Å²) in [6, 6.07) is 8.35. The number of alkyl halides is 3. The number of carbonyl (C=O) groups excluding carboxylic acids is 1. The van der Waals surface area contributed by atoms with E-state index in [0.717, 1.165) is 42.7 Å². The number of anilines is 2. The Morgan fingerprint density at radius 2 is 1.71 bits per heavy atom. The molecule has 1 aliphatic rings. The number of aliphatic imine (C=N–C) groups is 1. The highest BCUT2D eigenvalue weighted by Crippen LogP contribution is 2.34. The van der Waals surface area contributed by atoms with Gasteiger partial charge in [-0.2, -0.15) is 13.2 Å². The topological polar surface area (TPSA) is 85.8 Å². The number of aryl methyl sites for hydroxylation is 1. The molecule has 0 spiro atoms. The van der Waals surface area contributed by atoms with E-state index in [-0.39, 0.29) is 23.6 Å². The molecule has 0 saturated carbocycles. The summed E-state index contributed by atoms with van der Waals surface area (Å²) in [4.78, 5) is 29.7. The molecule has 11 heteroatoms. The van der Waals surface area contributed by atoms with Gasteiger partial charge in [-0.3, -0.25) is 20.2 Å². The quantitative estimate of drug-likeness (QED) is 0.302. The molecule has 2 aromatic heterocycles. The number of urea groups is 1. The van der Waals surface area contributed by atoms with Gasteiger partial charge in [0.25, 0.3) is 0 Å². The fourth-order valence-corrected chi connectivity index (χ4v) is 4.65. The Balaban J connectivity index is 1.43. The standard InChI is InChI=1S/C31H34F3N7O/c1-5-40-12-14-41(15-13-40)20-25-8-9-26(18-28(25)31(32,33)34)38-30(42)39-29-17-23(10-11-36-29)6-7-24-16-27(21(2)35-4)22(3)37-19-24/h8-11,16-19H,5,12-15,20H2,1-4H3,(H2,36,38,39,42). The van der Waals surface area contributed by atoms with Crippen LogP contribution in [0.5, 0.6) is 0 Å². The number of pyridine rings is 2. The van der Waals surface area contributed by atoms with Crippen molar-refractivity contribution in [3.8, 4) is 11.8 Å². The van der Waals surface area contributed by atoms with Gasteiger partial charge >= 0.3 is 12.2 Å². The van der Waals surface area contributed by atoms with Crippen molar-refractivity contribution in [3.05, 3.63) is 82.3 Å². The first kappa shape index (κ1) is 30.7. The van der Waals surface area contributed by atoms with Gasteiger partial charge in [-0.15, -0.1) is 0 Å². The number of rotatable bonds is 6. The number of nitrogens with zero attached hydrogens (tertiary/aromatic N) is 5. The van der Waals surface area contributed by atoms with Crippen molar-refractivity contribution in [1.82, 2.24) is 19.8 Å². The predicted molar refractivity (Wildman–Crippen MR) is 159 cm³/mol. The molecule has 220 valence electrons. The van der Waals surface area contributed by atoms with Crippen molar-refractivity contribution >= 4 is 23.2 Å². The highest BCUT2D eigenvalue weighted by Gasteiger charge is 2.34. The van der Waals surface area contributed by atoms with Crippen LogP contribution in [0.15, 0.2) is 53.8 Å². The summed E-state index contributed by atoms with van der Waals surface area (Å²) in [5.41, 5.74) is 3.36. The molecular formula is C31H34F3N7O. The van der Waals surface area contributed by atoms with E-state index >= 15 is 0 Å². The Morgan fingerprint density at radius 3 is 2.40 bits per heavy atom. The number of hydrogen-bond donors (Lipinski definition) is 2. The van der Waals surface area contributed by atoms with Gasteiger partial charge < -0.3 is 10.2 Å². The highest BCUT2D eigenvalue weighted by atomic mass is 19.4. The first-order valence-electron chi connectivity index (χ1n) is 13.7. The maximum atomic E-state index is 13.9. The van der Waals surface area contributed by atoms with E-state index in [4.69, 9.17) is 0 Å². The van der Waals surface area contributed by atoms with E-state index < -0.39 is 17.8 Å². The molecular weight excluding hydrogens is 543 g/mol. The smallest absolute Gasteiger partial charge is 0.308 e. The van der Waals surface area contributed by atoms with Crippen molar-refractivity contribution in [1.29, 1.82) is 0 Å². The monoisotopic (exact) mass is 577 g/mol. The van der Waals surface area contributed by atoms with Crippen LogP contribution in [0.2, 0.25) is 0 Å². The molecule has 2 N–H and O–H groups in total. The van der Waals surface area contributed by atoms with Gasteiger partial charge in [-0.25, -0.2) is 9.78 Å². The van der Waals surface area contributed by atoms with Crippen LogP contribution in [0.25, 0.3) is 0 Å². The maximum absolute atomic E-state index is 13.9. The first-order valence-corrected chi connectivity index (χ1v) is 13.7. The van der Waals surface area contributed by atoms with E-state index in [9.17, 15) is 18.0 Å². The fourth-order valence-electron chi connectivity index (χ4n) is 4.65. The molecule has 0 radical (unpaired) electrons. The minimum absolute atomic E-state index is 0.0314. The molecule has 3 aromatic rings. The third-order valence-electron chi connectivity index (χ3n) is 7.14. The molecule has 0 atom stereocenters. The Labute approximate surface area is 244 Å². The number of amides is 2. The Bertz CT molecular complexity index is 1520. The van der Waals surface area contributed by atoms with E-state index in [1.165, 1.54) is 18.3 Å². The number of benzene rings is 1. The maximum Gasteiger partial charge on any atom is 0.416 e. The zero-order valence-corrected chi connectivity index (χ0v) is 24.1. The van der Waals surface area contributed by atoms with Gasteiger partial charge in [0.15, 0.2) is 0 Å². The minimum atomic E-state index is -4.56. The number of hydrogen-bond acceptors (Lipinski definition) is 6. The molecule has 0 aliphatic carbocycles. The Morgan fingerprint density at radius 1 is 1.00 bits per heavy atom.